The Hall–Kier alpha value is -1.43. The van der Waals surface area contributed by atoms with Crippen LogP contribution in [0.2, 0.25) is 0 Å². The van der Waals surface area contributed by atoms with Crippen molar-refractivity contribution in [2.75, 3.05) is 11.9 Å². The van der Waals surface area contributed by atoms with E-state index >= 15 is 0 Å². The van der Waals surface area contributed by atoms with Crippen LogP contribution >= 0.6 is 15.9 Å². The molecule has 0 unspecified atom stereocenters. The van der Waals surface area contributed by atoms with Gasteiger partial charge in [0.15, 0.2) is 5.82 Å². The van der Waals surface area contributed by atoms with Crippen LogP contribution in [-0.4, -0.2) is 26.1 Å². The molecular weight excluding hydrogens is 318 g/mol. The van der Waals surface area contributed by atoms with Gasteiger partial charge in [0.25, 0.3) is 0 Å². The first-order valence-electron chi connectivity index (χ1n) is 7.01. The van der Waals surface area contributed by atoms with Gasteiger partial charge in [-0.2, -0.15) is 0 Å². The Labute approximate surface area is 127 Å². The van der Waals surface area contributed by atoms with Crippen molar-refractivity contribution in [3.8, 4) is 11.5 Å². The SMILES string of the molecule is CCCNc1nc(-c2cncn2C2CC2)nc(C)c1Br. The maximum Gasteiger partial charge on any atom is 0.180 e. The zero-order valence-corrected chi connectivity index (χ0v) is 13.3. The fourth-order valence-electron chi connectivity index (χ4n) is 2.16. The fraction of sp³-hybridized carbons (Fsp3) is 0.500. The quantitative estimate of drug-likeness (QED) is 0.907. The predicted molar refractivity (Wildman–Crippen MR) is 82.7 cm³/mol. The number of imidazole rings is 1. The number of aryl methyl sites for hydroxylation is 1. The predicted octanol–water partition coefficient (Wildman–Crippen LogP) is 3.57. The minimum atomic E-state index is 0.576. The highest BCUT2D eigenvalue weighted by atomic mass is 79.9. The van der Waals surface area contributed by atoms with Gasteiger partial charge >= 0.3 is 0 Å². The van der Waals surface area contributed by atoms with Crippen LogP contribution in [-0.2, 0) is 0 Å². The van der Waals surface area contributed by atoms with E-state index in [1.165, 1.54) is 12.8 Å². The molecule has 1 saturated carbocycles. The van der Waals surface area contributed by atoms with E-state index < -0.39 is 0 Å². The Morgan fingerprint density at radius 1 is 1.40 bits per heavy atom. The lowest BCUT2D eigenvalue weighted by Gasteiger charge is -2.11. The third kappa shape index (κ3) is 2.57. The maximum absolute atomic E-state index is 4.65. The van der Waals surface area contributed by atoms with Crippen LogP contribution in [0.4, 0.5) is 5.82 Å². The van der Waals surface area contributed by atoms with Crippen LogP contribution in [0.5, 0.6) is 0 Å². The smallest absolute Gasteiger partial charge is 0.180 e. The van der Waals surface area contributed by atoms with E-state index in [1.54, 1.807) is 0 Å². The summed E-state index contributed by atoms with van der Waals surface area (Å²) in [6, 6.07) is 0.576. The minimum Gasteiger partial charge on any atom is -0.369 e. The summed E-state index contributed by atoms with van der Waals surface area (Å²) >= 11 is 3.56. The Balaban J connectivity index is 2.00. The largest absolute Gasteiger partial charge is 0.369 e. The van der Waals surface area contributed by atoms with Gasteiger partial charge in [0.1, 0.15) is 11.5 Å². The molecule has 5 nitrogen and oxygen atoms in total. The third-order valence-corrected chi connectivity index (χ3v) is 4.34. The van der Waals surface area contributed by atoms with Crippen LogP contribution in [0.1, 0.15) is 37.9 Å². The van der Waals surface area contributed by atoms with Gasteiger partial charge in [-0.3, -0.25) is 0 Å². The van der Waals surface area contributed by atoms with E-state index in [1.807, 2.05) is 19.4 Å². The van der Waals surface area contributed by atoms with Crippen LogP contribution < -0.4 is 5.32 Å². The van der Waals surface area contributed by atoms with Gasteiger partial charge in [0.2, 0.25) is 0 Å². The molecule has 1 aliphatic rings. The zero-order valence-electron chi connectivity index (χ0n) is 11.7. The van der Waals surface area contributed by atoms with Crippen molar-refractivity contribution >= 4 is 21.7 Å². The van der Waals surface area contributed by atoms with Gasteiger partial charge in [-0.05, 0) is 42.1 Å². The van der Waals surface area contributed by atoms with Crippen molar-refractivity contribution in [2.24, 2.45) is 0 Å². The summed E-state index contributed by atoms with van der Waals surface area (Å²) in [4.78, 5) is 13.5. The van der Waals surface area contributed by atoms with Crippen molar-refractivity contribution in [3.63, 3.8) is 0 Å². The summed E-state index contributed by atoms with van der Waals surface area (Å²) < 4.78 is 3.12. The molecule has 0 spiro atoms. The number of hydrogen-bond donors (Lipinski definition) is 1. The average Bonchev–Trinajstić information content (AvgIpc) is 3.17. The molecule has 0 radical (unpaired) electrons. The molecule has 0 saturated heterocycles. The van der Waals surface area contributed by atoms with Crippen molar-refractivity contribution in [1.82, 2.24) is 19.5 Å². The molecule has 1 fully saturated rings. The van der Waals surface area contributed by atoms with Crippen molar-refractivity contribution in [1.29, 1.82) is 0 Å². The Kier molecular flexibility index (Phi) is 3.74. The van der Waals surface area contributed by atoms with Gasteiger partial charge in [0, 0.05) is 12.6 Å². The number of rotatable bonds is 5. The molecule has 2 aromatic heterocycles. The third-order valence-electron chi connectivity index (χ3n) is 3.39. The fourth-order valence-corrected chi connectivity index (χ4v) is 2.47. The summed E-state index contributed by atoms with van der Waals surface area (Å²) in [5.41, 5.74) is 1.94. The second-order valence-electron chi connectivity index (χ2n) is 5.14. The number of aromatic nitrogens is 4. The summed E-state index contributed by atoms with van der Waals surface area (Å²) in [6.45, 7) is 5.03. The lowest BCUT2D eigenvalue weighted by molar-refractivity contribution is 0.742. The number of halogens is 1. The van der Waals surface area contributed by atoms with Crippen LogP contribution in [0.15, 0.2) is 17.0 Å². The second-order valence-corrected chi connectivity index (χ2v) is 5.93. The Morgan fingerprint density at radius 2 is 2.20 bits per heavy atom. The van der Waals surface area contributed by atoms with Gasteiger partial charge in [-0.1, -0.05) is 6.92 Å². The first-order valence-corrected chi connectivity index (χ1v) is 7.80. The van der Waals surface area contributed by atoms with Crippen molar-refractivity contribution in [2.45, 2.75) is 39.2 Å². The Morgan fingerprint density at radius 3 is 2.90 bits per heavy atom. The number of nitrogens with zero attached hydrogens (tertiary/aromatic N) is 4. The van der Waals surface area contributed by atoms with E-state index in [0.29, 0.717) is 6.04 Å². The molecule has 0 bridgehead atoms. The molecule has 0 aromatic carbocycles. The first kappa shape index (κ1) is 13.5. The van der Waals surface area contributed by atoms with E-state index in [4.69, 9.17) is 0 Å². The highest BCUT2D eigenvalue weighted by molar-refractivity contribution is 9.10. The average molecular weight is 336 g/mol. The Bertz CT molecular complexity index is 618. The molecule has 6 heteroatoms. The lowest BCUT2D eigenvalue weighted by Crippen LogP contribution is -2.07. The highest BCUT2D eigenvalue weighted by Crippen LogP contribution is 2.38. The molecular formula is C14H18BrN5. The van der Waals surface area contributed by atoms with Crippen LogP contribution in [0.3, 0.4) is 0 Å². The number of nitrogens with one attached hydrogen (secondary N) is 1. The summed E-state index contributed by atoms with van der Waals surface area (Å²) in [7, 11) is 0. The molecule has 1 N–H and O–H groups in total. The second kappa shape index (κ2) is 5.52. The molecule has 3 rings (SSSR count). The standard InChI is InChI=1S/C14H18BrN5/c1-3-6-17-14-12(15)9(2)18-13(19-14)11-7-16-8-20(11)10-4-5-10/h7-8,10H,3-6H2,1-2H3,(H,17,18,19). The molecule has 0 amide bonds. The number of anilines is 1. The van der Waals surface area contributed by atoms with Crippen LogP contribution in [0, 0.1) is 6.92 Å². The molecule has 106 valence electrons. The highest BCUT2D eigenvalue weighted by Gasteiger charge is 2.26. The zero-order chi connectivity index (χ0) is 14.1. The van der Waals surface area contributed by atoms with E-state index in [2.05, 4.69) is 47.7 Å². The van der Waals surface area contributed by atoms with Gasteiger partial charge in [-0.15, -0.1) is 0 Å². The van der Waals surface area contributed by atoms with Crippen molar-refractivity contribution < 1.29 is 0 Å². The molecule has 2 aromatic rings. The monoisotopic (exact) mass is 335 g/mol. The minimum absolute atomic E-state index is 0.576. The van der Waals surface area contributed by atoms with E-state index in [9.17, 15) is 0 Å². The summed E-state index contributed by atoms with van der Waals surface area (Å²) in [5.74, 6) is 1.60. The van der Waals surface area contributed by atoms with E-state index in [0.717, 1.165) is 40.5 Å². The molecule has 2 heterocycles. The summed E-state index contributed by atoms with van der Waals surface area (Å²) in [5, 5.41) is 3.34. The normalized spacial score (nSPS) is 14.6. The van der Waals surface area contributed by atoms with Gasteiger partial charge in [0.05, 0.1) is 22.7 Å². The topological polar surface area (TPSA) is 55.6 Å². The maximum atomic E-state index is 4.65. The molecule has 1 aliphatic carbocycles. The van der Waals surface area contributed by atoms with Gasteiger partial charge in [-0.25, -0.2) is 15.0 Å². The van der Waals surface area contributed by atoms with Crippen LogP contribution in [0.25, 0.3) is 11.5 Å². The molecule has 0 atom stereocenters. The molecule has 20 heavy (non-hydrogen) atoms. The van der Waals surface area contributed by atoms with E-state index in [-0.39, 0.29) is 0 Å². The van der Waals surface area contributed by atoms with Crippen molar-refractivity contribution in [3.05, 3.63) is 22.7 Å². The summed E-state index contributed by atoms with van der Waals surface area (Å²) in [6.07, 6.45) is 7.24. The first-order chi connectivity index (χ1) is 9.70. The van der Waals surface area contributed by atoms with Gasteiger partial charge < -0.3 is 9.88 Å². The number of hydrogen-bond acceptors (Lipinski definition) is 4. The molecule has 0 aliphatic heterocycles. The lowest BCUT2D eigenvalue weighted by atomic mass is 10.3.